The van der Waals surface area contributed by atoms with Crippen molar-refractivity contribution in [2.24, 2.45) is 0 Å². The first kappa shape index (κ1) is 44.8. The van der Waals surface area contributed by atoms with Gasteiger partial charge in [0.05, 0.1) is 19.6 Å². The van der Waals surface area contributed by atoms with Gasteiger partial charge in [0, 0.05) is 28.4 Å². The number of aliphatic hydroxyl groups is 10. The van der Waals surface area contributed by atoms with Gasteiger partial charge in [0.1, 0.15) is 48.8 Å². The lowest BCUT2D eigenvalue weighted by molar-refractivity contribution is -0.408. The van der Waals surface area contributed by atoms with Crippen molar-refractivity contribution in [3.8, 4) is 0 Å². The van der Waals surface area contributed by atoms with Crippen LogP contribution >= 0.6 is 0 Å². The molecule has 20 nitrogen and oxygen atoms in total. The third-order valence-corrected chi connectivity index (χ3v) is 9.49. The number of methoxy groups -OCH3 is 4. The van der Waals surface area contributed by atoms with Crippen LogP contribution in [-0.4, -0.2) is 189 Å². The zero-order chi connectivity index (χ0) is 40.9. The largest absolute Gasteiger partial charge is 0.394 e. The van der Waals surface area contributed by atoms with Gasteiger partial charge < -0.3 is 89.0 Å². The van der Waals surface area contributed by atoms with E-state index in [1.54, 1.807) is 0 Å². The highest BCUT2D eigenvalue weighted by Crippen LogP contribution is 2.40. The highest BCUT2D eigenvalue weighted by molar-refractivity contribution is 6.08. The minimum absolute atomic E-state index is 0.244. The smallest absolute Gasteiger partial charge is 0.248 e. The van der Waals surface area contributed by atoms with Crippen LogP contribution in [0.15, 0.2) is 71.9 Å². The highest BCUT2D eigenvalue weighted by Gasteiger charge is 2.58. The molecule has 0 amide bonds. The van der Waals surface area contributed by atoms with E-state index in [1.165, 1.54) is 36.5 Å². The molecule has 0 radical (unpaired) electrons. The number of hydrogen-bond donors (Lipinski definition) is 10. The zero-order valence-corrected chi connectivity index (χ0v) is 30.2. The number of allylic oxidation sites excluding steroid dienone is 8. The summed E-state index contributed by atoms with van der Waals surface area (Å²) < 4.78 is 43.4. The molecule has 4 rings (SSSR count). The van der Waals surface area contributed by atoms with Gasteiger partial charge in [0.25, 0.3) is 0 Å². The van der Waals surface area contributed by atoms with Crippen LogP contribution in [0, 0.1) is 0 Å². The van der Waals surface area contributed by atoms with Crippen molar-refractivity contribution in [2.45, 2.75) is 91.0 Å². The molecule has 12 atom stereocenters. The van der Waals surface area contributed by atoms with Crippen molar-refractivity contribution in [1.29, 1.82) is 0 Å². The number of aliphatic hydroxyl groups excluding tert-OH is 8. The Labute approximate surface area is 314 Å². The lowest BCUT2D eigenvalue weighted by Gasteiger charge is -2.47. The van der Waals surface area contributed by atoms with Crippen molar-refractivity contribution in [3.05, 3.63) is 71.9 Å². The minimum Gasteiger partial charge on any atom is -0.394 e. The maximum absolute atomic E-state index is 12.7. The molecule has 20 heteroatoms. The molecule has 2 aliphatic heterocycles. The van der Waals surface area contributed by atoms with Crippen LogP contribution in [0.2, 0.25) is 0 Å². The van der Waals surface area contributed by atoms with Gasteiger partial charge in [-0.15, -0.1) is 0 Å². The van der Waals surface area contributed by atoms with Gasteiger partial charge in [-0.05, 0) is 47.6 Å². The summed E-state index contributed by atoms with van der Waals surface area (Å²) in [6.07, 6.45) is -5.51. The summed E-state index contributed by atoms with van der Waals surface area (Å²) in [5.41, 5.74) is 0.488. The Morgan fingerprint density at radius 2 is 0.964 bits per heavy atom. The van der Waals surface area contributed by atoms with E-state index >= 15 is 0 Å². The molecule has 2 heterocycles. The topological polar surface area (TPSA) is 310 Å². The van der Waals surface area contributed by atoms with E-state index < -0.39 is 116 Å². The molecule has 0 saturated carbocycles. The van der Waals surface area contributed by atoms with Crippen LogP contribution in [0.3, 0.4) is 0 Å². The quantitative estimate of drug-likeness (QED) is 0.0401. The lowest BCUT2D eigenvalue weighted by atomic mass is 9.93. The van der Waals surface area contributed by atoms with Gasteiger partial charge in [-0.1, -0.05) is 24.3 Å². The Kier molecular flexibility index (Phi) is 14.7. The molecule has 0 spiro atoms. The maximum Gasteiger partial charge on any atom is 0.248 e. The molecule has 4 aliphatic rings. The maximum atomic E-state index is 12.7. The summed E-state index contributed by atoms with van der Waals surface area (Å²) in [5, 5.41) is 103. The average Bonchev–Trinajstić information content (AvgIpc) is 3.17. The van der Waals surface area contributed by atoms with Crippen LogP contribution in [-0.2, 0) is 47.5 Å². The third kappa shape index (κ3) is 8.97. The highest BCUT2D eigenvalue weighted by atomic mass is 16.8. The summed E-state index contributed by atoms with van der Waals surface area (Å²) in [4.78, 5) is 25.5. The van der Waals surface area contributed by atoms with E-state index in [0.29, 0.717) is 0 Å². The normalized spacial score (nSPS) is 38.7. The second kappa shape index (κ2) is 18.1. The fourth-order valence-corrected chi connectivity index (χ4v) is 6.18. The fourth-order valence-electron chi connectivity index (χ4n) is 6.18. The molecule has 2 fully saturated rings. The number of hydrogen-bond acceptors (Lipinski definition) is 20. The van der Waals surface area contributed by atoms with Crippen molar-refractivity contribution in [1.82, 2.24) is 0 Å². The standard InChI is InChI=1S/C35H48O20/c1-48-34(49-2)14-18(9-11-32(34,46)54-30-28(44)26(42)24(40)22(16-36)52-30)5-7-20(38)13-21(39)8-6-19-10-12-33(47,35(15-19,50-3)51-4)55-31-29(45)27(43)25(41)23(17-37)53-31/h5-12,14-15,22-31,36-37,40-47H,13,16-17H2,1-4H3/t22-,23-,24-,25-,26+,27+,28-,29-,30?,31?,32?,33?/m1/s1. The van der Waals surface area contributed by atoms with Gasteiger partial charge in [-0.2, -0.15) is 0 Å². The van der Waals surface area contributed by atoms with E-state index in [1.807, 2.05) is 0 Å². The predicted octanol–water partition coefficient (Wildman–Crippen LogP) is -4.39. The van der Waals surface area contributed by atoms with Crippen molar-refractivity contribution >= 4 is 11.6 Å². The van der Waals surface area contributed by atoms with E-state index in [0.717, 1.165) is 52.7 Å². The fraction of sp³-hybridized carbons (Fsp3) is 0.600. The van der Waals surface area contributed by atoms with Gasteiger partial charge in [-0.3, -0.25) is 9.59 Å². The number of ether oxygens (including phenoxy) is 8. The first-order valence-corrected chi connectivity index (χ1v) is 16.8. The van der Waals surface area contributed by atoms with Gasteiger partial charge in [0.2, 0.25) is 23.1 Å². The molecule has 0 aromatic rings. The predicted molar refractivity (Wildman–Crippen MR) is 180 cm³/mol. The van der Waals surface area contributed by atoms with E-state index in [-0.39, 0.29) is 11.1 Å². The molecule has 308 valence electrons. The Morgan fingerprint density at radius 1 is 0.618 bits per heavy atom. The summed E-state index contributed by atoms with van der Waals surface area (Å²) in [7, 11) is 4.64. The lowest BCUT2D eigenvalue weighted by Crippen LogP contribution is -2.64. The van der Waals surface area contributed by atoms with Crippen molar-refractivity contribution in [2.75, 3.05) is 41.7 Å². The second-order valence-corrected chi connectivity index (χ2v) is 12.9. The third-order valence-electron chi connectivity index (χ3n) is 9.49. The molecule has 0 aromatic heterocycles. The molecule has 2 aliphatic carbocycles. The van der Waals surface area contributed by atoms with E-state index in [4.69, 9.17) is 37.9 Å². The van der Waals surface area contributed by atoms with Gasteiger partial charge >= 0.3 is 0 Å². The molecular formula is C35H48O20. The second-order valence-electron chi connectivity index (χ2n) is 12.9. The first-order valence-electron chi connectivity index (χ1n) is 16.8. The number of rotatable bonds is 16. The van der Waals surface area contributed by atoms with E-state index in [2.05, 4.69) is 0 Å². The molecule has 0 bridgehead atoms. The summed E-state index contributed by atoms with van der Waals surface area (Å²) in [6, 6.07) is 0. The van der Waals surface area contributed by atoms with Crippen molar-refractivity contribution in [3.63, 3.8) is 0 Å². The van der Waals surface area contributed by atoms with Crippen LogP contribution in [0.4, 0.5) is 0 Å². The molecular weight excluding hydrogens is 740 g/mol. The van der Waals surface area contributed by atoms with Crippen LogP contribution < -0.4 is 0 Å². The Hall–Kier alpha value is -2.94. The number of carbonyl (C=O) groups is 2. The molecule has 4 unspecified atom stereocenters. The SMILES string of the molecule is COC1(OC)C=C(C=CC(=O)CC(=O)C=CC2=CC(OC)(OC)C(O)(OC3O[C@H](CO)[C@@H](O)[C@H](O)[C@H]3O)C=C2)C=CC1(O)OC1O[C@H](CO)[C@@H](O)[C@H](O)[C@H]1O. The van der Waals surface area contributed by atoms with Gasteiger partial charge in [0.15, 0.2) is 24.1 Å². The first-order chi connectivity index (χ1) is 25.9. The molecule has 55 heavy (non-hydrogen) atoms. The van der Waals surface area contributed by atoms with Crippen LogP contribution in [0.5, 0.6) is 0 Å². The zero-order valence-electron chi connectivity index (χ0n) is 30.2. The van der Waals surface area contributed by atoms with Crippen LogP contribution in [0.25, 0.3) is 0 Å². The summed E-state index contributed by atoms with van der Waals surface area (Å²) in [6.45, 7) is -1.48. The summed E-state index contributed by atoms with van der Waals surface area (Å²) in [5.74, 6) is -10.5. The molecule has 0 aromatic carbocycles. The molecule has 10 N–H and O–H groups in total. The number of carbonyl (C=O) groups excluding carboxylic acids is 2. The monoisotopic (exact) mass is 788 g/mol. The Balaban J connectivity index is 1.42. The minimum atomic E-state index is -2.51. The van der Waals surface area contributed by atoms with E-state index in [9.17, 15) is 60.7 Å². The molecule has 2 saturated heterocycles. The van der Waals surface area contributed by atoms with Crippen LogP contribution in [0.1, 0.15) is 6.42 Å². The summed E-state index contributed by atoms with van der Waals surface area (Å²) >= 11 is 0. The van der Waals surface area contributed by atoms with Gasteiger partial charge in [-0.25, -0.2) is 0 Å². The Morgan fingerprint density at radius 3 is 1.27 bits per heavy atom. The van der Waals surface area contributed by atoms with Crippen molar-refractivity contribution < 1.29 is 98.5 Å². The average molecular weight is 789 g/mol. The number of ketones is 2. The Bertz CT molecular complexity index is 1430.